The maximum atomic E-state index is 11.5. The van der Waals surface area contributed by atoms with Crippen molar-refractivity contribution >= 4 is 5.97 Å². The standard InChI is InChI=1S/C12H21N3O2/c1-5-6-7-8-15-11(9(2)3)10(13-14-15)12(16)17-4/h9H,5-8H2,1-4H3. The largest absolute Gasteiger partial charge is 0.464 e. The normalized spacial score (nSPS) is 10.9. The van der Waals surface area contributed by atoms with E-state index >= 15 is 0 Å². The van der Waals surface area contributed by atoms with Crippen LogP contribution in [0.3, 0.4) is 0 Å². The molecule has 0 amide bonds. The van der Waals surface area contributed by atoms with E-state index in [1.165, 1.54) is 7.11 Å². The number of rotatable bonds is 6. The summed E-state index contributed by atoms with van der Waals surface area (Å²) in [5.74, 6) is -0.198. The molecule has 0 atom stereocenters. The number of unbranched alkanes of at least 4 members (excludes halogenated alkanes) is 2. The predicted molar refractivity (Wildman–Crippen MR) is 65.0 cm³/mol. The number of aromatic nitrogens is 3. The summed E-state index contributed by atoms with van der Waals surface area (Å²) in [4.78, 5) is 11.5. The Bertz CT molecular complexity index is 372. The van der Waals surface area contributed by atoms with Gasteiger partial charge in [0.05, 0.1) is 12.8 Å². The number of hydrogen-bond donors (Lipinski definition) is 0. The second-order valence-electron chi connectivity index (χ2n) is 4.40. The Morgan fingerprint density at radius 3 is 2.65 bits per heavy atom. The molecule has 0 aliphatic heterocycles. The summed E-state index contributed by atoms with van der Waals surface area (Å²) < 4.78 is 6.54. The number of carbonyl (C=O) groups excluding carboxylic acids is 1. The summed E-state index contributed by atoms with van der Waals surface area (Å²) in [5.41, 5.74) is 1.21. The molecular formula is C12H21N3O2. The van der Waals surface area contributed by atoms with Crippen LogP contribution in [0.1, 0.15) is 62.1 Å². The Kier molecular flexibility index (Phi) is 5.12. The van der Waals surface area contributed by atoms with E-state index in [-0.39, 0.29) is 5.92 Å². The number of ether oxygens (including phenoxy) is 1. The minimum atomic E-state index is -0.407. The van der Waals surface area contributed by atoms with Crippen LogP contribution in [0.25, 0.3) is 0 Å². The minimum Gasteiger partial charge on any atom is -0.464 e. The molecular weight excluding hydrogens is 218 g/mol. The highest BCUT2D eigenvalue weighted by molar-refractivity contribution is 5.88. The molecule has 0 spiro atoms. The molecule has 0 aromatic carbocycles. The average molecular weight is 239 g/mol. The molecule has 0 bridgehead atoms. The molecule has 0 fully saturated rings. The molecule has 5 heteroatoms. The van der Waals surface area contributed by atoms with Crippen LogP contribution < -0.4 is 0 Å². The van der Waals surface area contributed by atoms with Gasteiger partial charge < -0.3 is 4.74 Å². The zero-order chi connectivity index (χ0) is 12.8. The first-order chi connectivity index (χ1) is 8.11. The quantitative estimate of drug-likeness (QED) is 0.565. The van der Waals surface area contributed by atoms with E-state index in [9.17, 15) is 4.79 Å². The third kappa shape index (κ3) is 3.28. The van der Waals surface area contributed by atoms with Crippen LogP contribution in [-0.2, 0) is 11.3 Å². The van der Waals surface area contributed by atoms with E-state index in [0.29, 0.717) is 5.69 Å². The number of carbonyl (C=O) groups is 1. The van der Waals surface area contributed by atoms with E-state index < -0.39 is 5.97 Å². The monoisotopic (exact) mass is 239 g/mol. The van der Waals surface area contributed by atoms with Crippen LogP contribution in [0.4, 0.5) is 0 Å². The highest BCUT2D eigenvalue weighted by Crippen LogP contribution is 2.18. The van der Waals surface area contributed by atoms with Gasteiger partial charge in [0.25, 0.3) is 0 Å². The van der Waals surface area contributed by atoms with E-state index in [4.69, 9.17) is 4.74 Å². The molecule has 1 heterocycles. The maximum Gasteiger partial charge on any atom is 0.360 e. The Morgan fingerprint density at radius 2 is 2.12 bits per heavy atom. The molecule has 0 unspecified atom stereocenters. The fourth-order valence-electron chi connectivity index (χ4n) is 1.81. The van der Waals surface area contributed by atoms with Crippen molar-refractivity contribution in [3.8, 4) is 0 Å². The van der Waals surface area contributed by atoms with Crippen molar-refractivity contribution in [2.24, 2.45) is 0 Å². The second kappa shape index (κ2) is 6.37. The highest BCUT2D eigenvalue weighted by Gasteiger charge is 2.22. The molecule has 0 saturated heterocycles. The van der Waals surface area contributed by atoms with Crippen molar-refractivity contribution in [3.05, 3.63) is 11.4 Å². The van der Waals surface area contributed by atoms with Crippen LogP contribution in [-0.4, -0.2) is 28.1 Å². The molecule has 1 rings (SSSR count). The van der Waals surface area contributed by atoms with Crippen molar-refractivity contribution in [3.63, 3.8) is 0 Å². The van der Waals surface area contributed by atoms with Crippen molar-refractivity contribution < 1.29 is 9.53 Å². The third-order valence-corrected chi connectivity index (χ3v) is 2.67. The van der Waals surface area contributed by atoms with Crippen LogP contribution in [0.5, 0.6) is 0 Å². The first-order valence-electron chi connectivity index (χ1n) is 6.13. The first kappa shape index (κ1) is 13.7. The summed E-state index contributed by atoms with van der Waals surface area (Å²) >= 11 is 0. The Hall–Kier alpha value is -1.39. The Balaban J connectivity index is 2.90. The number of nitrogens with zero attached hydrogens (tertiary/aromatic N) is 3. The van der Waals surface area contributed by atoms with Gasteiger partial charge in [0.15, 0.2) is 5.69 Å². The van der Waals surface area contributed by atoms with Gasteiger partial charge in [-0.25, -0.2) is 9.48 Å². The zero-order valence-electron chi connectivity index (χ0n) is 11.1. The number of esters is 1. The van der Waals surface area contributed by atoms with E-state index in [1.54, 1.807) is 0 Å². The lowest BCUT2D eigenvalue weighted by atomic mass is 10.1. The van der Waals surface area contributed by atoms with Gasteiger partial charge in [-0.2, -0.15) is 0 Å². The van der Waals surface area contributed by atoms with Crippen LogP contribution in [0, 0.1) is 0 Å². The van der Waals surface area contributed by atoms with Gasteiger partial charge in [-0.1, -0.05) is 38.8 Å². The van der Waals surface area contributed by atoms with Crippen LogP contribution >= 0.6 is 0 Å². The molecule has 17 heavy (non-hydrogen) atoms. The Morgan fingerprint density at radius 1 is 1.41 bits per heavy atom. The van der Waals surface area contributed by atoms with Crippen LogP contribution in [0.2, 0.25) is 0 Å². The fraction of sp³-hybridized carbons (Fsp3) is 0.750. The van der Waals surface area contributed by atoms with Gasteiger partial charge in [0.2, 0.25) is 0 Å². The van der Waals surface area contributed by atoms with Crippen LogP contribution in [0.15, 0.2) is 0 Å². The molecule has 1 aromatic heterocycles. The van der Waals surface area contributed by atoms with E-state index in [0.717, 1.165) is 31.5 Å². The second-order valence-corrected chi connectivity index (χ2v) is 4.40. The molecule has 1 aromatic rings. The lowest BCUT2D eigenvalue weighted by molar-refractivity contribution is 0.0592. The van der Waals surface area contributed by atoms with Crippen molar-refractivity contribution in [1.29, 1.82) is 0 Å². The number of aryl methyl sites for hydroxylation is 1. The van der Waals surface area contributed by atoms with Gasteiger partial charge in [-0.05, 0) is 12.3 Å². The molecule has 0 N–H and O–H groups in total. The lowest BCUT2D eigenvalue weighted by Crippen LogP contribution is -2.11. The zero-order valence-corrected chi connectivity index (χ0v) is 11.1. The fourth-order valence-corrected chi connectivity index (χ4v) is 1.81. The van der Waals surface area contributed by atoms with Gasteiger partial charge in [0, 0.05) is 6.54 Å². The van der Waals surface area contributed by atoms with Crippen molar-refractivity contribution in [2.75, 3.05) is 7.11 Å². The lowest BCUT2D eigenvalue weighted by Gasteiger charge is -2.09. The summed E-state index contributed by atoms with van der Waals surface area (Å²) in [6.07, 6.45) is 3.38. The number of methoxy groups -OCH3 is 1. The first-order valence-corrected chi connectivity index (χ1v) is 6.13. The van der Waals surface area contributed by atoms with E-state index in [1.807, 2.05) is 18.5 Å². The molecule has 5 nitrogen and oxygen atoms in total. The van der Waals surface area contributed by atoms with Gasteiger partial charge in [-0.15, -0.1) is 5.10 Å². The number of hydrogen-bond acceptors (Lipinski definition) is 4. The maximum absolute atomic E-state index is 11.5. The smallest absolute Gasteiger partial charge is 0.360 e. The predicted octanol–water partition coefficient (Wildman–Crippen LogP) is 2.38. The third-order valence-electron chi connectivity index (χ3n) is 2.67. The molecule has 0 aliphatic rings. The summed E-state index contributed by atoms with van der Waals surface area (Å²) in [5, 5.41) is 7.97. The topological polar surface area (TPSA) is 57.0 Å². The molecule has 0 saturated carbocycles. The van der Waals surface area contributed by atoms with Gasteiger partial charge in [0.1, 0.15) is 0 Å². The SMILES string of the molecule is CCCCCn1nnc(C(=O)OC)c1C(C)C. The highest BCUT2D eigenvalue weighted by atomic mass is 16.5. The van der Waals surface area contributed by atoms with Gasteiger partial charge >= 0.3 is 5.97 Å². The summed E-state index contributed by atoms with van der Waals surface area (Å²) in [7, 11) is 1.36. The van der Waals surface area contributed by atoms with Crippen molar-refractivity contribution in [2.45, 2.75) is 52.5 Å². The molecule has 0 aliphatic carbocycles. The van der Waals surface area contributed by atoms with Gasteiger partial charge in [-0.3, -0.25) is 0 Å². The van der Waals surface area contributed by atoms with E-state index in [2.05, 4.69) is 17.2 Å². The van der Waals surface area contributed by atoms with Crippen molar-refractivity contribution in [1.82, 2.24) is 15.0 Å². The molecule has 0 radical (unpaired) electrons. The average Bonchev–Trinajstić information content (AvgIpc) is 2.72. The summed E-state index contributed by atoms with van der Waals surface area (Å²) in [6, 6.07) is 0. The Labute approximate surface area is 102 Å². The molecule has 96 valence electrons. The minimum absolute atomic E-state index is 0.209. The summed E-state index contributed by atoms with van der Waals surface area (Å²) in [6.45, 7) is 7.03.